The minimum Gasteiger partial charge on any atom is -0.481 e. The Morgan fingerprint density at radius 3 is 2.24 bits per heavy atom. The van der Waals surface area contributed by atoms with Crippen molar-refractivity contribution in [1.29, 1.82) is 0 Å². The Morgan fingerprint density at radius 2 is 1.66 bits per heavy atom. The lowest BCUT2D eigenvalue weighted by molar-refractivity contribution is 0.0647. The lowest BCUT2D eigenvalue weighted by atomic mass is 10.2. The van der Waals surface area contributed by atoms with Gasteiger partial charge in [0.1, 0.15) is 12.4 Å². The quantitative estimate of drug-likeness (QED) is 0.600. The molecule has 0 radical (unpaired) electrons. The van der Waals surface area contributed by atoms with E-state index in [0.717, 1.165) is 6.07 Å². The van der Waals surface area contributed by atoms with Crippen molar-refractivity contribution in [3.8, 4) is 5.75 Å². The molecule has 1 heterocycles. The number of carbonyl (C=O) groups is 1. The molecule has 0 saturated heterocycles. The second-order valence-electron chi connectivity index (χ2n) is 6.03. The Morgan fingerprint density at radius 1 is 1.07 bits per heavy atom. The lowest BCUT2D eigenvalue weighted by Crippen LogP contribution is -2.24. The number of aromatic carboxylic acids is 1. The van der Waals surface area contributed by atoms with E-state index < -0.39 is 43.9 Å². The van der Waals surface area contributed by atoms with Gasteiger partial charge in [0.05, 0.1) is 4.90 Å². The second-order valence-corrected chi connectivity index (χ2v) is 8.10. The van der Waals surface area contributed by atoms with Crippen molar-refractivity contribution < 1.29 is 27.5 Å². The van der Waals surface area contributed by atoms with E-state index in [1.165, 1.54) is 24.3 Å². The van der Waals surface area contributed by atoms with Crippen LogP contribution in [0.15, 0.2) is 80.8 Å². The van der Waals surface area contributed by atoms with E-state index in [9.17, 15) is 23.1 Å². The molecular weight excluding hydrogens is 398 g/mol. The summed E-state index contributed by atoms with van der Waals surface area (Å²) in [6.07, 6.45) is 0. The van der Waals surface area contributed by atoms with E-state index >= 15 is 0 Å². The number of rotatable bonds is 7. The monoisotopic (exact) mass is 415 g/mol. The van der Waals surface area contributed by atoms with Gasteiger partial charge >= 0.3 is 5.97 Å². The van der Waals surface area contributed by atoms with Gasteiger partial charge in [0.15, 0.2) is 5.37 Å². The van der Waals surface area contributed by atoms with Gasteiger partial charge in [-0.2, -0.15) is 0 Å². The van der Waals surface area contributed by atoms with Gasteiger partial charge in [-0.25, -0.2) is 13.2 Å². The summed E-state index contributed by atoms with van der Waals surface area (Å²) in [6.45, 7) is -0.0698. The molecule has 3 rings (SSSR count). The van der Waals surface area contributed by atoms with Crippen LogP contribution in [0.5, 0.6) is 5.75 Å². The van der Waals surface area contributed by atoms with Gasteiger partial charge in [-0.05, 0) is 17.7 Å². The van der Waals surface area contributed by atoms with Crippen molar-refractivity contribution >= 4 is 15.8 Å². The first-order valence-electron chi connectivity index (χ1n) is 8.43. The number of sulfone groups is 1. The summed E-state index contributed by atoms with van der Waals surface area (Å²) >= 11 is 0. The minimum absolute atomic E-state index is 0.0698. The number of hydrogen-bond acceptors (Lipinski definition) is 7. The zero-order valence-electron chi connectivity index (χ0n) is 15.0. The Bertz CT molecular complexity index is 1170. The minimum atomic E-state index is -4.11. The van der Waals surface area contributed by atoms with Crippen LogP contribution in [-0.4, -0.2) is 19.5 Å². The molecule has 8 nitrogen and oxygen atoms in total. The number of nitrogens with two attached hydrogens (primary N) is 1. The van der Waals surface area contributed by atoms with Gasteiger partial charge in [-0.15, -0.1) is 0 Å². The highest BCUT2D eigenvalue weighted by Gasteiger charge is 2.30. The SMILES string of the molecule is NC(c1cc(=O)c(OCc2ccccc2)c(C(=O)O)o1)S(=O)(=O)c1ccccc1. The van der Waals surface area contributed by atoms with Crippen molar-refractivity contribution in [2.24, 2.45) is 5.73 Å². The van der Waals surface area contributed by atoms with Gasteiger partial charge in [0.25, 0.3) is 5.76 Å². The number of benzene rings is 2. The zero-order chi connectivity index (χ0) is 21.0. The summed E-state index contributed by atoms with van der Waals surface area (Å²) in [5.41, 5.74) is 5.66. The molecule has 0 aliphatic rings. The van der Waals surface area contributed by atoms with Gasteiger partial charge in [-0.1, -0.05) is 48.5 Å². The molecule has 1 aromatic heterocycles. The maximum absolute atomic E-state index is 12.7. The summed E-state index contributed by atoms with van der Waals surface area (Å²) in [5.74, 6) is -3.43. The van der Waals surface area contributed by atoms with Crippen molar-refractivity contribution in [3.05, 3.63) is 94.0 Å². The molecule has 0 aliphatic carbocycles. The average molecular weight is 415 g/mol. The highest BCUT2D eigenvalue weighted by atomic mass is 32.2. The molecule has 2 aromatic carbocycles. The van der Waals surface area contributed by atoms with Crippen molar-refractivity contribution in [2.75, 3.05) is 0 Å². The first kappa shape index (κ1) is 20.3. The Hall–Kier alpha value is -3.43. The number of ether oxygens (including phenoxy) is 1. The van der Waals surface area contributed by atoms with E-state index in [4.69, 9.17) is 14.9 Å². The molecule has 0 amide bonds. The third-order valence-electron chi connectivity index (χ3n) is 4.03. The van der Waals surface area contributed by atoms with Crippen LogP contribution in [0.1, 0.15) is 27.3 Å². The standard InChI is InChI=1S/C20H17NO7S/c21-19(29(25,26)14-9-5-2-6-10-14)16-11-15(22)17(18(28-16)20(23)24)27-12-13-7-3-1-4-8-13/h1-11,19H,12,21H2,(H,23,24). The molecule has 3 aromatic rings. The summed E-state index contributed by atoms with van der Waals surface area (Å²) < 4.78 is 35.8. The molecule has 9 heteroatoms. The Labute approximate surface area is 166 Å². The van der Waals surface area contributed by atoms with Gasteiger partial charge in [0, 0.05) is 6.07 Å². The molecule has 150 valence electrons. The topological polar surface area (TPSA) is 137 Å². The number of hydrogen-bond donors (Lipinski definition) is 2. The van der Waals surface area contributed by atoms with Crippen molar-refractivity contribution in [1.82, 2.24) is 0 Å². The molecule has 0 fully saturated rings. The van der Waals surface area contributed by atoms with Crippen LogP contribution in [0.2, 0.25) is 0 Å². The molecule has 3 N–H and O–H groups in total. The normalized spacial score (nSPS) is 12.3. The lowest BCUT2D eigenvalue weighted by Gasteiger charge is -2.14. The van der Waals surface area contributed by atoms with Crippen LogP contribution in [0.4, 0.5) is 0 Å². The van der Waals surface area contributed by atoms with Crippen LogP contribution in [-0.2, 0) is 16.4 Å². The fraction of sp³-hybridized carbons (Fsp3) is 0.100. The maximum atomic E-state index is 12.7. The van der Waals surface area contributed by atoms with E-state index in [2.05, 4.69) is 0 Å². The highest BCUT2D eigenvalue weighted by Crippen LogP contribution is 2.27. The predicted molar refractivity (Wildman–Crippen MR) is 103 cm³/mol. The summed E-state index contributed by atoms with van der Waals surface area (Å²) in [7, 11) is -4.11. The maximum Gasteiger partial charge on any atom is 0.375 e. The van der Waals surface area contributed by atoms with Crippen molar-refractivity contribution in [2.45, 2.75) is 16.9 Å². The molecular formula is C20H17NO7S. The number of carboxylic acids is 1. The predicted octanol–water partition coefficient (Wildman–Crippen LogP) is 2.35. The fourth-order valence-corrected chi connectivity index (χ4v) is 3.81. The summed E-state index contributed by atoms with van der Waals surface area (Å²) in [6, 6.07) is 16.9. The zero-order valence-corrected chi connectivity index (χ0v) is 15.8. The molecule has 0 bridgehead atoms. The Kier molecular flexibility index (Phi) is 5.81. The first-order valence-corrected chi connectivity index (χ1v) is 9.98. The van der Waals surface area contributed by atoms with Crippen LogP contribution in [0, 0.1) is 0 Å². The van der Waals surface area contributed by atoms with E-state index in [0.29, 0.717) is 5.56 Å². The van der Waals surface area contributed by atoms with E-state index in [-0.39, 0.29) is 11.5 Å². The second kappa shape index (κ2) is 8.29. The smallest absolute Gasteiger partial charge is 0.375 e. The summed E-state index contributed by atoms with van der Waals surface area (Å²) in [4.78, 5) is 23.9. The molecule has 0 aliphatic heterocycles. The molecule has 1 unspecified atom stereocenters. The van der Waals surface area contributed by atoms with Crippen LogP contribution in [0.3, 0.4) is 0 Å². The number of carboxylic acid groups (broad SMARTS) is 1. The highest BCUT2D eigenvalue weighted by molar-refractivity contribution is 7.91. The third kappa shape index (κ3) is 4.36. The molecule has 0 spiro atoms. The van der Waals surface area contributed by atoms with E-state index in [1.807, 2.05) is 0 Å². The van der Waals surface area contributed by atoms with Crippen LogP contribution < -0.4 is 15.9 Å². The molecule has 1 atom stereocenters. The van der Waals surface area contributed by atoms with Gasteiger partial charge < -0.3 is 20.0 Å². The summed E-state index contributed by atoms with van der Waals surface area (Å²) in [5, 5.41) is 7.65. The average Bonchev–Trinajstić information content (AvgIpc) is 2.73. The van der Waals surface area contributed by atoms with Crippen molar-refractivity contribution in [3.63, 3.8) is 0 Å². The third-order valence-corrected chi connectivity index (χ3v) is 5.86. The fourth-order valence-electron chi connectivity index (χ4n) is 2.56. The van der Waals surface area contributed by atoms with E-state index in [1.54, 1.807) is 36.4 Å². The molecule has 29 heavy (non-hydrogen) atoms. The van der Waals surface area contributed by atoms with Crippen LogP contribution in [0.25, 0.3) is 0 Å². The van der Waals surface area contributed by atoms with Gasteiger partial charge in [0.2, 0.25) is 21.0 Å². The Balaban J connectivity index is 1.97. The first-order chi connectivity index (χ1) is 13.8. The largest absolute Gasteiger partial charge is 0.481 e. The van der Waals surface area contributed by atoms with Crippen LogP contribution >= 0.6 is 0 Å². The molecule has 0 saturated carbocycles. The van der Waals surface area contributed by atoms with Gasteiger partial charge in [-0.3, -0.25) is 4.79 Å².